The molecule has 3 N–H and O–H groups in total. The first kappa shape index (κ1) is 21.0. The van der Waals surface area contributed by atoms with Crippen molar-refractivity contribution < 1.29 is 14.4 Å². The zero-order valence-corrected chi connectivity index (χ0v) is 17.5. The maximum atomic E-state index is 12.5. The molecule has 1 fully saturated rings. The lowest BCUT2D eigenvalue weighted by Crippen LogP contribution is -2.27. The molecule has 0 spiro atoms. The Bertz CT molecular complexity index is 1220. The molecule has 10 nitrogen and oxygen atoms in total. The van der Waals surface area contributed by atoms with Crippen LogP contribution in [0.25, 0.3) is 11.1 Å². The molecule has 0 aliphatic heterocycles. The number of amides is 2. The summed E-state index contributed by atoms with van der Waals surface area (Å²) in [7, 11) is 3.12. The maximum absolute atomic E-state index is 12.5. The van der Waals surface area contributed by atoms with Gasteiger partial charge in [-0.15, -0.1) is 0 Å². The van der Waals surface area contributed by atoms with Gasteiger partial charge in [-0.05, 0) is 25.0 Å². The van der Waals surface area contributed by atoms with Gasteiger partial charge in [0.15, 0.2) is 0 Å². The van der Waals surface area contributed by atoms with Crippen LogP contribution in [0.1, 0.15) is 39.3 Å². The average Bonchev–Trinajstić information content (AvgIpc) is 3.50. The number of hydrogen-bond donors (Lipinski definition) is 3. The van der Waals surface area contributed by atoms with Gasteiger partial charge in [0.05, 0.1) is 35.8 Å². The maximum Gasteiger partial charge on any atom is 0.278 e. The molecule has 1 aliphatic carbocycles. The zero-order chi connectivity index (χ0) is 22.7. The van der Waals surface area contributed by atoms with Gasteiger partial charge in [0.1, 0.15) is 11.8 Å². The SMILES string of the molecule is CONC(=O)c1cnc(C(=O)NC2CC2)cc1Nc1cccc(-c2cnn(C)c2)c1C#N. The number of hydrogen-bond acceptors (Lipinski definition) is 7. The summed E-state index contributed by atoms with van der Waals surface area (Å²) in [5.41, 5.74) is 5.20. The molecule has 4 rings (SSSR count). The number of rotatable bonds is 7. The van der Waals surface area contributed by atoms with Gasteiger partial charge in [-0.2, -0.15) is 10.4 Å². The van der Waals surface area contributed by atoms with E-state index in [1.165, 1.54) is 19.4 Å². The highest BCUT2D eigenvalue weighted by molar-refractivity contribution is 6.02. The summed E-state index contributed by atoms with van der Waals surface area (Å²) < 4.78 is 1.65. The lowest BCUT2D eigenvalue weighted by molar-refractivity contribution is 0.0538. The molecule has 10 heteroatoms. The van der Waals surface area contributed by atoms with Crippen LogP contribution in [0, 0.1) is 11.3 Å². The summed E-state index contributed by atoms with van der Waals surface area (Å²) in [6.45, 7) is 0. The highest BCUT2D eigenvalue weighted by atomic mass is 16.6. The Morgan fingerprint density at radius 3 is 2.69 bits per heavy atom. The van der Waals surface area contributed by atoms with E-state index in [-0.39, 0.29) is 23.2 Å². The third-order valence-electron chi connectivity index (χ3n) is 4.95. The van der Waals surface area contributed by atoms with Crippen LogP contribution in [0.3, 0.4) is 0 Å². The molecule has 0 radical (unpaired) electrons. The molecule has 2 heterocycles. The minimum atomic E-state index is -0.543. The molecule has 1 aliphatic rings. The van der Waals surface area contributed by atoms with Gasteiger partial charge in [-0.25, -0.2) is 5.48 Å². The largest absolute Gasteiger partial charge is 0.354 e. The number of anilines is 2. The first-order chi connectivity index (χ1) is 15.5. The van der Waals surface area contributed by atoms with Crippen LogP contribution in [-0.2, 0) is 11.9 Å². The molecule has 0 atom stereocenters. The van der Waals surface area contributed by atoms with Crippen molar-refractivity contribution in [2.75, 3.05) is 12.4 Å². The van der Waals surface area contributed by atoms with Crippen molar-refractivity contribution in [1.82, 2.24) is 25.6 Å². The molecule has 162 valence electrons. The molecular formula is C22H21N7O3. The molecule has 0 bridgehead atoms. The molecule has 1 saturated carbocycles. The van der Waals surface area contributed by atoms with Crippen LogP contribution >= 0.6 is 0 Å². The summed E-state index contributed by atoms with van der Waals surface area (Å²) in [5, 5.41) is 20.0. The predicted molar refractivity (Wildman–Crippen MR) is 116 cm³/mol. The van der Waals surface area contributed by atoms with Crippen LogP contribution in [0.5, 0.6) is 0 Å². The van der Waals surface area contributed by atoms with E-state index < -0.39 is 5.91 Å². The van der Waals surface area contributed by atoms with Crippen molar-refractivity contribution in [1.29, 1.82) is 5.26 Å². The van der Waals surface area contributed by atoms with Crippen LogP contribution in [0.4, 0.5) is 11.4 Å². The molecule has 0 saturated heterocycles. The Morgan fingerprint density at radius 1 is 1.22 bits per heavy atom. The van der Waals surface area contributed by atoms with E-state index in [1.807, 2.05) is 12.3 Å². The fourth-order valence-electron chi connectivity index (χ4n) is 3.22. The lowest BCUT2D eigenvalue weighted by Gasteiger charge is -2.15. The van der Waals surface area contributed by atoms with Crippen molar-refractivity contribution in [3.05, 3.63) is 59.7 Å². The van der Waals surface area contributed by atoms with Gasteiger partial charge in [0, 0.05) is 36.6 Å². The average molecular weight is 431 g/mol. The molecule has 0 unspecified atom stereocenters. The summed E-state index contributed by atoms with van der Waals surface area (Å²) in [5.74, 6) is -0.863. The number of nitrogens with one attached hydrogen (secondary N) is 3. The quantitative estimate of drug-likeness (QED) is 0.489. The minimum absolute atomic E-state index is 0.158. The fraction of sp³-hybridized carbons (Fsp3) is 0.227. The number of aromatic nitrogens is 3. The van der Waals surface area contributed by atoms with Gasteiger partial charge in [-0.1, -0.05) is 12.1 Å². The standard InChI is InChI=1S/C22H21N7O3/c1-29-12-13(10-25-29)15-4-3-5-18(16(15)9-23)27-19-8-20(22(31)26-14-6-7-14)24-11-17(19)21(30)28-32-2/h3-5,8,10-12,14H,6-7H2,1-2H3,(H,24,27)(H,26,31)(H,28,30). The predicted octanol–water partition coefficient (Wildman–Crippen LogP) is 2.28. The number of aryl methyl sites for hydroxylation is 1. The van der Waals surface area contributed by atoms with E-state index >= 15 is 0 Å². The van der Waals surface area contributed by atoms with Crippen molar-refractivity contribution in [3.8, 4) is 17.2 Å². The first-order valence-corrected chi connectivity index (χ1v) is 9.93. The van der Waals surface area contributed by atoms with Crippen LogP contribution in [0.2, 0.25) is 0 Å². The van der Waals surface area contributed by atoms with E-state index in [0.29, 0.717) is 22.5 Å². The number of carbonyl (C=O) groups excluding carboxylic acids is 2. The van der Waals surface area contributed by atoms with Gasteiger partial charge >= 0.3 is 0 Å². The van der Waals surface area contributed by atoms with Crippen LogP contribution in [-0.4, -0.2) is 39.7 Å². The van der Waals surface area contributed by atoms with Gasteiger partial charge in [-0.3, -0.25) is 24.1 Å². The first-order valence-electron chi connectivity index (χ1n) is 9.93. The normalized spacial score (nSPS) is 12.7. The van der Waals surface area contributed by atoms with Crippen molar-refractivity contribution in [2.45, 2.75) is 18.9 Å². The highest BCUT2D eigenvalue weighted by Gasteiger charge is 2.25. The molecule has 32 heavy (non-hydrogen) atoms. The third-order valence-corrected chi connectivity index (χ3v) is 4.95. The van der Waals surface area contributed by atoms with E-state index in [9.17, 15) is 14.9 Å². The minimum Gasteiger partial charge on any atom is -0.354 e. The van der Waals surface area contributed by atoms with Gasteiger partial charge in [0.25, 0.3) is 11.8 Å². The van der Waals surface area contributed by atoms with E-state index in [1.54, 1.807) is 30.1 Å². The summed E-state index contributed by atoms with van der Waals surface area (Å²) in [6, 6.07) is 9.21. The second-order valence-corrected chi connectivity index (χ2v) is 7.37. The molecule has 1 aromatic carbocycles. The monoisotopic (exact) mass is 431 g/mol. The number of nitrogens with zero attached hydrogens (tertiary/aromatic N) is 4. The van der Waals surface area contributed by atoms with E-state index in [4.69, 9.17) is 4.84 Å². The van der Waals surface area contributed by atoms with Crippen molar-refractivity contribution >= 4 is 23.2 Å². The number of carbonyl (C=O) groups is 2. The highest BCUT2D eigenvalue weighted by Crippen LogP contribution is 2.31. The molecule has 2 aromatic heterocycles. The lowest BCUT2D eigenvalue weighted by atomic mass is 10.0. The van der Waals surface area contributed by atoms with Crippen molar-refractivity contribution in [2.24, 2.45) is 7.05 Å². The zero-order valence-electron chi connectivity index (χ0n) is 17.5. The van der Waals surface area contributed by atoms with E-state index in [0.717, 1.165) is 18.4 Å². The van der Waals surface area contributed by atoms with Gasteiger partial charge in [0.2, 0.25) is 0 Å². The summed E-state index contributed by atoms with van der Waals surface area (Å²) in [6.07, 6.45) is 6.67. The summed E-state index contributed by atoms with van der Waals surface area (Å²) in [4.78, 5) is 33.8. The smallest absolute Gasteiger partial charge is 0.278 e. The van der Waals surface area contributed by atoms with E-state index in [2.05, 4.69) is 32.3 Å². The number of pyridine rings is 1. The number of benzene rings is 1. The second kappa shape index (κ2) is 8.87. The van der Waals surface area contributed by atoms with Crippen LogP contribution < -0.4 is 16.1 Å². The number of hydroxylamine groups is 1. The Labute approximate surface area is 184 Å². The third kappa shape index (κ3) is 4.43. The van der Waals surface area contributed by atoms with Gasteiger partial charge < -0.3 is 10.6 Å². The molecule has 2 amide bonds. The second-order valence-electron chi connectivity index (χ2n) is 7.37. The topological polar surface area (TPSA) is 134 Å². The Hall–Kier alpha value is -4.23. The summed E-state index contributed by atoms with van der Waals surface area (Å²) >= 11 is 0. The Kier molecular flexibility index (Phi) is 5.83. The van der Waals surface area contributed by atoms with Crippen molar-refractivity contribution in [3.63, 3.8) is 0 Å². The van der Waals surface area contributed by atoms with Crippen LogP contribution in [0.15, 0.2) is 42.9 Å². The fourth-order valence-corrected chi connectivity index (χ4v) is 3.22. The molecular weight excluding hydrogens is 410 g/mol. The Balaban J connectivity index is 1.74. The number of nitriles is 1. The molecule has 3 aromatic rings. The Morgan fingerprint density at radius 2 is 2.03 bits per heavy atom.